The molecule has 0 spiro atoms. The second kappa shape index (κ2) is 10.8. The highest BCUT2D eigenvalue weighted by Gasteiger charge is 2.11. The van der Waals surface area contributed by atoms with Crippen LogP contribution in [-0.2, 0) is 4.79 Å². The van der Waals surface area contributed by atoms with Gasteiger partial charge in [0.25, 0.3) is 5.91 Å². The van der Waals surface area contributed by atoms with E-state index in [4.69, 9.17) is 9.47 Å². The Balaban J connectivity index is 1.30. The van der Waals surface area contributed by atoms with Crippen LogP contribution in [0.25, 0.3) is 11.1 Å². The van der Waals surface area contributed by atoms with Gasteiger partial charge in [-0.3, -0.25) is 4.79 Å². The van der Waals surface area contributed by atoms with E-state index in [0.717, 1.165) is 21.2 Å². The minimum atomic E-state index is -0.545. The summed E-state index contributed by atoms with van der Waals surface area (Å²) in [6, 6.07) is 29.6. The minimum absolute atomic E-state index is 0.242. The van der Waals surface area contributed by atoms with Crippen LogP contribution < -0.4 is 14.8 Å². The van der Waals surface area contributed by atoms with Gasteiger partial charge in [0.15, 0.2) is 6.61 Å². The van der Waals surface area contributed by atoms with Crippen molar-refractivity contribution in [2.75, 3.05) is 11.9 Å². The van der Waals surface area contributed by atoms with Crippen LogP contribution in [0.3, 0.4) is 0 Å². The average Bonchev–Trinajstić information content (AvgIpc) is 2.85. The SMILES string of the molecule is Cc1ccc(NC(=O)c2ccc(OC(=O)COc3ccc(-c4ccccc4)cc3Br)cc2)cc1. The molecule has 0 atom stereocenters. The van der Waals surface area contributed by atoms with Gasteiger partial charge in [-0.05, 0) is 82.5 Å². The maximum Gasteiger partial charge on any atom is 0.349 e. The molecule has 1 N–H and O–H groups in total. The van der Waals surface area contributed by atoms with Gasteiger partial charge in [-0.2, -0.15) is 0 Å². The van der Waals surface area contributed by atoms with E-state index in [9.17, 15) is 9.59 Å². The first-order valence-electron chi connectivity index (χ1n) is 10.6. The highest BCUT2D eigenvalue weighted by Crippen LogP contribution is 2.30. The van der Waals surface area contributed by atoms with Gasteiger partial charge < -0.3 is 14.8 Å². The van der Waals surface area contributed by atoms with Crippen LogP contribution in [0.1, 0.15) is 15.9 Å². The van der Waals surface area contributed by atoms with Gasteiger partial charge >= 0.3 is 5.97 Å². The molecule has 5 nitrogen and oxygen atoms in total. The molecule has 0 aliphatic rings. The van der Waals surface area contributed by atoms with Gasteiger partial charge in [-0.25, -0.2) is 4.79 Å². The summed E-state index contributed by atoms with van der Waals surface area (Å²) >= 11 is 3.49. The van der Waals surface area contributed by atoms with E-state index < -0.39 is 5.97 Å². The zero-order valence-electron chi connectivity index (χ0n) is 18.5. The normalized spacial score (nSPS) is 10.4. The molecule has 4 rings (SSSR count). The molecule has 170 valence electrons. The monoisotopic (exact) mass is 515 g/mol. The van der Waals surface area contributed by atoms with Crippen LogP contribution in [0.4, 0.5) is 5.69 Å². The molecule has 0 fully saturated rings. The summed E-state index contributed by atoms with van der Waals surface area (Å²) in [6.07, 6.45) is 0. The van der Waals surface area contributed by atoms with Crippen molar-refractivity contribution >= 4 is 33.5 Å². The Hall–Kier alpha value is -3.90. The maximum atomic E-state index is 12.4. The van der Waals surface area contributed by atoms with Crippen LogP contribution in [0.2, 0.25) is 0 Å². The molecule has 0 saturated carbocycles. The number of ether oxygens (including phenoxy) is 2. The largest absolute Gasteiger partial charge is 0.481 e. The molecule has 4 aromatic carbocycles. The predicted molar refractivity (Wildman–Crippen MR) is 136 cm³/mol. The van der Waals surface area contributed by atoms with E-state index in [-0.39, 0.29) is 12.5 Å². The number of benzene rings is 4. The molecule has 0 aliphatic heterocycles. The van der Waals surface area contributed by atoms with Gasteiger partial charge in [0, 0.05) is 11.3 Å². The molecule has 0 radical (unpaired) electrons. The molecular formula is C28H22BrNO4. The Kier molecular flexibility index (Phi) is 7.40. The van der Waals surface area contributed by atoms with Crippen molar-refractivity contribution in [1.82, 2.24) is 0 Å². The molecule has 0 heterocycles. The minimum Gasteiger partial charge on any atom is -0.481 e. The lowest BCUT2D eigenvalue weighted by Gasteiger charge is -2.10. The number of nitrogens with one attached hydrogen (secondary N) is 1. The highest BCUT2D eigenvalue weighted by atomic mass is 79.9. The summed E-state index contributed by atoms with van der Waals surface area (Å²) in [7, 11) is 0. The number of hydrogen-bond donors (Lipinski definition) is 1. The standard InChI is InChI=1S/C28H22BrNO4/c1-19-7-12-23(13-8-19)30-28(32)21-9-14-24(15-10-21)34-27(31)18-33-26-16-11-22(17-25(26)29)20-5-3-2-4-6-20/h2-17H,18H2,1H3,(H,30,32). The van der Waals surface area contributed by atoms with Gasteiger partial charge in [0.05, 0.1) is 4.47 Å². The first-order valence-corrected chi connectivity index (χ1v) is 11.4. The average molecular weight is 516 g/mol. The topological polar surface area (TPSA) is 64.6 Å². The lowest BCUT2D eigenvalue weighted by atomic mass is 10.1. The van der Waals surface area contributed by atoms with Crippen molar-refractivity contribution in [2.24, 2.45) is 0 Å². The van der Waals surface area contributed by atoms with E-state index in [0.29, 0.717) is 22.7 Å². The van der Waals surface area contributed by atoms with Crippen LogP contribution in [-0.4, -0.2) is 18.5 Å². The summed E-state index contributed by atoms with van der Waals surface area (Å²) in [4.78, 5) is 24.6. The number of halogens is 1. The molecule has 0 bridgehead atoms. The summed E-state index contributed by atoms with van der Waals surface area (Å²) in [5, 5.41) is 2.83. The Morgan fingerprint density at radius 2 is 1.53 bits per heavy atom. The maximum absolute atomic E-state index is 12.4. The number of esters is 1. The van der Waals surface area contributed by atoms with Crippen LogP contribution in [0.15, 0.2) is 102 Å². The lowest BCUT2D eigenvalue weighted by molar-refractivity contribution is -0.136. The quantitative estimate of drug-likeness (QED) is 0.220. The Morgan fingerprint density at radius 3 is 2.21 bits per heavy atom. The fraction of sp³-hybridized carbons (Fsp3) is 0.0714. The Morgan fingerprint density at radius 1 is 0.824 bits per heavy atom. The predicted octanol–water partition coefficient (Wildman–Crippen LogP) is 6.66. The van der Waals surface area contributed by atoms with Crippen LogP contribution >= 0.6 is 15.9 Å². The van der Waals surface area contributed by atoms with Crippen molar-refractivity contribution in [3.63, 3.8) is 0 Å². The van der Waals surface area contributed by atoms with Gasteiger partial charge in [-0.1, -0.05) is 54.1 Å². The number of carbonyl (C=O) groups excluding carboxylic acids is 2. The number of anilines is 1. The van der Waals surface area contributed by atoms with Crippen LogP contribution in [0.5, 0.6) is 11.5 Å². The fourth-order valence-corrected chi connectivity index (χ4v) is 3.73. The molecule has 6 heteroatoms. The van der Waals surface area contributed by atoms with Crippen molar-refractivity contribution in [3.8, 4) is 22.6 Å². The van der Waals surface area contributed by atoms with Gasteiger partial charge in [-0.15, -0.1) is 0 Å². The molecule has 34 heavy (non-hydrogen) atoms. The number of amides is 1. The van der Waals surface area contributed by atoms with Crippen LogP contribution in [0, 0.1) is 6.92 Å². The second-order valence-electron chi connectivity index (χ2n) is 7.62. The lowest BCUT2D eigenvalue weighted by Crippen LogP contribution is -2.18. The second-order valence-corrected chi connectivity index (χ2v) is 8.47. The van der Waals surface area contributed by atoms with Crippen molar-refractivity contribution in [3.05, 3.63) is 113 Å². The highest BCUT2D eigenvalue weighted by molar-refractivity contribution is 9.10. The summed E-state index contributed by atoms with van der Waals surface area (Å²) in [5.41, 5.74) is 4.41. The molecule has 0 aliphatic carbocycles. The molecule has 1 amide bonds. The number of aryl methyl sites for hydroxylation is 1. The van der Waals surface area contributed by atoms with Crippen molar-refractivity contribution in [1.29, 1.82) is 0 Å². The molecule has 0 saturated heterocycles. The zero-order valence-corrected chi connectivity index (χ0v) is 20.0. The number of hydrogen-bond acceptors (Lipinski definition) is 4. The molecular weight excluding hydrogens is 494 g/mol. The Labute approximate surface area is 206 Å². The third-order valence-corrected chi connectivity index (χ3v) is 5.66. The molecule has 0 unspecified atom stereocenters. The van der Waals surface area contributed by atoms with Gasteiger partial charge in [0.2, 0.25) is 0 Å². The van der Waals surface area contributed by atoms with E-state index in [1.54, 1.807) is 30.3 Å². The fourth-order valence-electron chi connectivity index (χ4n) is 3.24. The molecule has 4 aromatic rings. The first-order chi connectivity index (χ1) is 16.5. The third kappa shape index (κ3) is 6.11. The summed E-state index contributed by atoms with van der Waals surface area (Å²) in [6.45, 7) is 1.73. The van der Waals surface area contributed by atoms with Crippen molar-refractivity contribution in [2.45, 2.75) is 6.92 Å². The van der Waals surface area contributed by atoms with E-state index in [1.807, 2.05) is 73.7 Å². The number of carbonyl (C=O) groups is 2. The van der Waals surface area contributed by atoms with Gasteiger partial charge in [0.1, 0.15) is 11.5 Å². The van der Waals surface area contributed by atoms with E-state index in [1.165, 1.54) is 0 Å². The first kappa shape index (κ1) is 23.3. The Bertz CT molecular complexity index is 1290. The van der Waals surface area contributed by atoms with Crippen molar-refractivity contribution < 1.29 is 19.1 Å². The smallest absolute Gasteiger partial charge is 0.349 e. The van der Waals surface area contributed by atoms with E-state index >= 15 is 0 Å². The number of rotatable bonds is 7. The molecule has 0 aromatic heterocycles. The third-order valence-electron chi connectivity index (χ3n) is 5.04. The summed E-state index contributed by atoms with van der Waals surface area (Å²) < 4.78 is 11.7. The van der Waals surface area contributed by atoms with E-state index in [2.05, 4.69) is 21.2 Å². The summed E-state index contributed by atoms with van der Waals surface area (Å²) in [5.74, 6) is 0.0866. The zero-order chi connectivity index (χ0) is 23.9.